The Morgan fingerprint density at radius 3 is 2.15 bits per heavy atom. The van der Waals surface area contributed by atoms with Gasteiger partial charge in [0.15, 0.2) is 5.78 Å². The number of methoxy groups -OCH3 is 1. The summed E-state index contributed by atoms with van der Waals surface area (Å²) in [5, 5.41) is -0.495. The van der Waals surface area contributed by atoms with Crippen LogP contribution in [0.25, 0.3) is 6.08 Å². The van der Waals surface area contributed by atoms with Crippen LogP contribution in [-0.2, 0) is 4.79 Å². The van der Waals surface area contributed by atoms with Crippen LogP contribution in [0.4, 0.5) is 4.79 Å². The number of esters is 1. The number of benzene rings is 3. The maximum absolute atomic E-state index is 12.7. The van der Waals surface area contributed by atoms with Crippen molar-refractivity contribution >= 4 is 40.7 Å². The quantitative estimate of drug-likeness (QED) is 0.210. The number of ketones is 1. The Kier molecular flexibility index (Phi) is 6.89. The lowest BCUT2D eigenvalue weighted by atomic mass is 10.1. The maximum Gasteiger partial charge on any atom is 0.343 e. The average Bonchev–Trinajstić information content (AvgIpc) is 3.13. The third-order valence-corrected chi connectivity index (χ3v) is 5.89. The largest absolute Gasteiger partial charge is 0.497 e. The van der Waals surface area contributed by atoms with Gasteiger partial charge in [0.1, 0.15) is 11.5 Å². The van der Waals surface area contributed by atoms with Gasteiger partial charge in [-0.25, -0.2) is 4.79 Å². The topological polar surface area (TPSA) is 90.0 Å². The molecule has 8 heteroatoms. The number of carbonyl (C=O) groups excluding carboxylic acids is 4. The number of imide groups is 1. The van der Waals surface area contributed by atoms with Gasteiger partial charge in [0.2, 0.25) is 0 Å². The first-order valence-corrected chi connectivity index (χ1v) is 11.1. The van der Waals surface area contributed by atoms with Crippen molar-refractivity contribution in [3.05, 3.63) is 100 Å². The molecule has 1 aliphatic rings. The molecule has 0 aliphatic carbocycles. The molecule has 34 heavy (non-hydrogen) atoms. The van der Waals surface area contributed by atoms with Crippen LogP contribution in [0.1, 0.15) is 26.3 Å². The van der Waals surface area contributed by atoms with Crippen molar-refractivity contribution in [2.45, 2.75) is 0 Å². The minimum atomic E-state index is -0.519. The molecule has 0 spiro atoms. The van der Waals surface area contributed by atoms with Gasteiger partial charge >= 0.3 is 5.97 Å². The first-order valence-electron chi connectivity index (χ1n) is 10.2. The van der Waals surface area contributed by atoms with Crippen molar-refractivity contribution in [3.63, 3.8) is 0 Å². The van der Waals surface area contributed by atoms with Crippen LogP contribution in [-0.4, -0.2) is 41.5 Å². The van der Waals surface area contributed by atoms with E-state index in [4.69, 9.17) is 9.47 Å². The molecule has 0 aromatic heterocycles. The number of nitrogens with zero attached hydrogens (tertiary/aromatic N) is 1. The van der Waals surface area contributed by atoms with Gasteiger partial charge in [0, 0.05) is 5.56 Å². The molecule has 0 unspecified atom stereocenters. The van der Waals surface area contributed by atoms with E-state index < -0.39 is 17.1 Å². The highest BCUT2D eigenvalue weighted by Gasteiger charge is 2.36. The fourth-order valence-electron chi connectivity index (χ4n) is 3.17. The standard InChI is InChI=1S/C26H19NO6S/c1-32-20-13-9-19(10-14-20)25(30)33-21-11-7-17(8-12-21)15-23-24(29)27(26(31)34-23)16-22(28)18-5-3-2-4-6-18/h2-15H,16H2,1H3/b23-15+. The van der Waals surface area contributed by atoms with Gasteiger partial charge in [-0.2, -0.15) is 0 Å². The molecule has 2 amide bonds. The SMILES string of the molecule is COc1ccc(C(=O)Oc2ccc(/C=C3/SC(=O)N(CC(=O)c4ccccc4)C3=O)cc2)cc1. The zero-order valence-electron chi connectivity index (χ0n) is 18.1. The maximum atomic E-state index is 12.7. The van der Waals surface area contributed by atoms with Crippen molar-refractivity contribution in [2.75, 3.05) is 13.7 Å². The summed E-state index contributed by atoms with van der Waals surface area (Å²) in [6.45, 7) is -0.313. The zero-order valence-corrected chi connectivity index (χ0v) is 18.9. The van der Waals surface area contributed by atoms with Crippen LogP contribution in [0.5, 0.6) is 11.5 Å². The van der Waals surface area contributed by atoms with Crippen LogP contribution < -0.4 is 9.47 Å². The van der Waals surface area contributed by atoms with Crippen LogP contribution in [0.15, 0.2) is 83.8 Å². The Morgan fingerprint density at radius 1 is 0.853 bits per heavy atom. The summed E-state index contributed by atoms with van der Waals surface area (Å²) in [7, 11) is 1.54. The van der Waals surface area contributed by atoms with Gasteiger partial charge < -0.3 is 9.47 Å². The highest BCUT2D eigenvalue weighted by Crippen LogP contribution is 2.32. The molecule has 1 fully saturated rings. The van der Waals surface area contributed by atoms with Gasteiger partial charge in [0.25, 0.3) is 11.1 Å². The number of thioether (sulfide) groups is 1. The summed E-state index contributed by atoms with van der Waals surface area (Å²) >= 11 is 0.780. The van der Waals surface area contributed by atoms with Gasteiger partial charge in [0.05, 0.1) is 24.1 Å². The Balaban J connectivity index is 1.40. The first-order chi connectivity index (χ1) is 16.4. The number of rotatable bonds is 7. The molecule has 3 aromatic carbocycles. The molecule has 0 saturated carbocycles. The highest BCUT2D eigenvalue weighted by molar-refractivity contribution is 8.18. The van der Waals surface area contributed by atoms with Crippen LogP contribution in [0.3, 0.4) is 0 Å². The van der Waals surface area contributed by atoms with Crippen molar-refractivity contribution in [3.8, 4) is 11.5 Å². The number of hydrogen-bond donors (Lipinski definition) is 0. The first kappa shape index (κ1) is 23.0. The Morgan fingerprint density at radius 2 is 1.50 bits per heavy atom. The Labute approximate surface area is 200 Å². The van der Waals surface area contributed by atoms with E-state index in [1.165, 1.54) is 0 Å². The van der Waals surface area contributed by atoms with Crippen molar-refractivity contribution in [1.82, 2.24) is 4.90 Å². The lowest BCUT2D eigenvalue weighted by molar-refractivity contribution is -0.122. The summed E-state index contributed by atoms with van der Waals surface area (Å²) in [5.41, 5.74) is 1.46. The zero-order chi connectivity index (χ0) is 24.1. The summed E-state index contributed by atoms with van der Waals surface area (Å²) in [4.78, 5) is 50.8. The molecular formula is C26H19NO6S. The second kappa shape index (κ2) is 10.2. The van der Waals surface area contributed by atoms with Crippen LogP contribution >= 0.6 is 11.8 Å². The van der Waals surface area contributed by atoms with E-state index in [0.29, 0.717) is 28.2 Å². The van der Waals surface area contributed by atoms with E-state index in [9.17, 15) is 19.2 Å². The molecule has 0 bridgehead atoms. The molecule has 170 valence electrons. The number of amides is 2. The third-order valence-electron chi connectivity index (χ3n) is 4.99. The second-order valence-corrected chi connectivity index (χ2v) is 8.24. The molecule has 0 atom stereocenters. The van der Waals surface area contributed by atoms with Gasteiger partial charge in [-0.1, -0.05) is 42.5 Å². The lowest BCUT2D eigenvalue weighted by Gasteiger charge is -2.11. The fraction of sp³-hybridized carbons (Fsp3) is 0.0769. The number of hydrogen-bond acceptors (Lipinski definition) is 7. The molecule has 1 heterocycles. The second-order valence-electron chi connectivity index (χ2n) is 7.24. The molecule has 0 radical (unpaired) electrons. The van der Waals surface area contributed by atoms with Crippen molar-refractivity contribution in [2.24, 2.45) is 0 Å². The molecule has 1 saturated heterocycles. The normalized spacial score (nSPS) is 14.4. The lowest BCUT2D eigenvalue weighted by Crippen LogP contribution is -2.33. The predicted octanol–water partition coefficient (Wildman–Crippen LogP) is 4.83. The third kappa shape index (κ3) is 5.24. The molecule has 3 aromatic rings. The average molecular weight is 474 g/mol. The van der Waals surface area contributed by atoms with Crippen molar-refractivity contribution < 1.29 is 28.7 Å². The molecular weight excluding hydrogens is 454 g/mol. The number of ether oxygens (including phenoxy) is 2. The smallest absolute Gasteiger partial charge is 0.343 e. The minimum Gasteiger partial charge on any atom is -0.497 e. The van der Waals surface area contributed by atoms with Crippen molar-refractivity contribution in [1.29, 1.82) is 0 Å². The van der Waals surface area contributed by atoms with Crippen LogP contribution in [0.2, 0.25) is 0 Å². The van der Waals surface area contributed by atoms with E-state index in [0.717, 1.165) is 16.7 Å². The molecule has 1 aliphatic heterocycles. The highest BCUT2D eigenvalue weighted by atomic mass is 32.2. The fourth-order valence-corrected chi connectivity index (χ4v) is 4.01. The van der Waals surface area contributed by atoms with E-state index >= 15 is 0 Å². The molecule has 4 rings (SSSR count). The summed E-state index contributed by atoms with van der Waals surface area (Å²) < 4.78 is 10.4. The molecule has 7 nitrogen and oxygen atoms in total. The Hall–Kier alpha value is -4.17. The van der Waals surface area contributed by atoms with E-state index in [1.54, 1.807) is 92.0 Å². The van der Waals surface area contributed by atoms with Gasteiger partial charge in [-0.05, 0) is 59.8 Å². The minimum absolute atomic E-state index is 0.217. The Bertz CT molecular complexity index is 1270. The monoisotopic (exact) mass is 473 g/mol. The summed E-state index contributed by atoms with van der Waals surface area (Å²) in [6, 6.07) is 21.6. The van der Waals surface area contributed by atoms with E-state index in [2.05, 4.69) is 0 Å². The number of carbonyl (C=O) groups is 4. The van der Waals surface area contributed by atoms with Gasteiger partial charge in [-0.15, -0.1) is 0 Å². The summed E-state index contributed by atoms with van der Waals surface area (Å²) in [5.74, 6) is -0.379. The molecule has 0 N–H and O–H groups in total. The van der Waals surface area contributed by atoms with Crippen LogP contribution in [0, 0.1) is 0 Å². The predicted molar refractivity (Wildman–Crippen MR) is 128 cm³/mol. The van der Waals surface area contributed by atoms with E-state index in [1.807, 2.05) is 0 Å². The van der Waals surface area contributed by atoms with Gasteiger partial charge in [-0.3, -0.25) is 19.3 Å². The summed E-state index contributed by atoms with van der Waals surface area (Å²) in [6.07, 6.45) is 1.56. The van der Waals surface area contributed by atoms with E-state index in [-0.39, 0.29) is 17.2 Å². The number of Topliss-reactive ketones (excluding diaryl/α,β-unsaturated/α-hetero) is 1.